The maximum Gasteiger partial charge on any atom is 0.164 e. The first-order valence-corrected chi connectivity index (χ1v) is 16.0. The van der Waals surface area contributed by atoms with Crippen LogP contribution in [-0.2, 0) is 0 Å². The molecule has 1 saturated carbocycles. The number of allylic oxidation sites excluding steroid dienone is 7. The minimum atomic E-state index is -0.0691. The molecule has 1 aliphatic heterocycles. The molecule has 3 aromatic carbocycles. The predicted octanol–water partition coefficient (Wildman–Crippen LogP) is 9.03. The van der Waals surface area contributed by atoms with E-state index in [1.807, 2.05) is 48.2 Å². The molecule has 0 bridgehead atoms. The van der Waals surface area contributed by atoms with Crippen LogP contribution >= 0.6 is 11.8 Å². The lowest BCUT2D eigenvalue weighted by atomic mass is 9.88. The van der Waals surface area contributed by atoms with E-state index in [0.717, 1.165) is 47.2 Å². The molecule has 2 fully saturated rings. The molecule has 4 aliphatic rings. The Morgan fingerprint density at radius 2 is 1.51 bits per heavy atom. The number of hydrogen-bond donors (Lipinski definition) is 1. The van der Waals surface area contributed by atoms with Crippen LogP contribution in [0.2, 0.25) is 0 Å². The van der Waals surface area contributed by atoms with Crippen molar-refractivity contribution in [1.29, 1.82) is 0 Å². The molecule has 2 heterocycles. The van der Waals surface area contributed by atoms with Crippen LogP contribution in [0.3, 0.4) is 0 Å². The van der Waals surface area contributed by atoms with Crippen LogP contribution in [0, 0.1) is 11.8 Å². The second-order valence-corrected chi connectivity index (χ2v) is 12.9. The topological polar surface area (TPSA) is 64.7 Å². The van der Waals surface area contributed by atoms with Gasteiger partial charge in [0.05, 0.1) is 4.75 Å². The summed E-state index contributed by atoms with van der Waals surface area (Å²) in [6.07, 6.45) is 17.1. The predicted molar refractivity (Wildman–Crippen MR) is 180 cm³/mol. The zero-order chi connectivity index (χ0) is 29.0. The number of fused-ring (bicyclic) bond motifs is 3. The molecule has 3 unspecified atom stereocenters. The van der Waals surface area contributed by atoms with Gasteiger partial charge < -0.3 is 5.73 Å². The maximum absolute atomic E-state index is 6.48. The number of thioether (sulfide) groups is 1. The highest BCUT2D eigenvalue weighted by molar-refractivity contribution is 8.06. The Kier molecular flexibility index (Phi) is 6.30. The monoisotopic (exact) mass is 576 g/mol. The van der Waals surface area contributed by atoms with Crippen molar-refractivity contribution in [3.8, 4) is 22.8 Å². The Labute approximate surface area is 256 Å². The van der Waals surface area contributed by atoms with Crippen LogP contribution < -0.4 is 5.73 Å². The molecular weight excluding hydrogens is 545 g/mol. The number of nitrogen functional groups attached to an aromatic ring is 1. The van der Waals surface area contributed by atoms with Gasteiger partial charge in [-0.15, -0.1) is 11.8 Å². The summed E-state index contributed by atoms with van der Waals surface area (Å²) in [6.45, 7) is 2.15. The van der Waals surface area contributed by atoms with Crippen molar-refractivity contribution in [2.24, 2.45) is 11.8 Å². The van der Waals surface area contributed by atoms with Crippen LogP contribution in [0.5, 0.6) is 0 Å². The van der Waals surface area contributed by atoms with Crippen molar-refractivity contribution >= 4 is 34.7 Å². The second kappa shape index (κ2) is 10.4. The highest BCUT2D eigenvalue weighted by atomic mass is 32.2. The number of benzene rings is 3. The van der Waals surface area contributed by atoms with Gasteiger partial charge in [0, 0.05) is 39.1 Å². The van der Waals surface area contributed by atoms with E-state index in [0.29, 0.717) is 29.3 Å². The van der Waals surface area contributed by atoms with E-state index >= 15 is 0 Å². The Bertz CT molecular complexity index is 1840. The highest BCUT2D eigenvalue weighted by Crippen LogP contribution is 2.79. The quantitative estimate of drug-likeness (QED) is 0.232. The molecule has 3 atom stereocenters. The van der Waals surface area contributed by atoms with E-state index in [9.17, 15) is 0 Å². The van der Waals surface area contributed by atoms with Gasteiger partial charge in [-0.1, -0.05) is 110 Å². The van der Waals surface area contributed by atoms with Gasteiger partial charge in [0.2, 0.25) is 0 Å². The first kappa shape index (κ1) is 26.2. The van der Waals surface area contributed by atoms with E-state index in [2.05, 4.69) is 85.8 Å². The molecule has 210 valence electrons. The van der Waals surface area contributed by atoms with Gasteiger partial charge in [0.1, 0.15) is 0 Å². The average molecular weight is 577 g/mol. The van der Waals surface area contributed by atoms with Crippen molar-refractivity contribution in [3.05, 3.63) is 137 Å². The molecular formula is C38H32N4S. The lowest BCUT2D eigenvalue weighted by Gasteiger charge is -2.26. The molecule has 8 rings (SSSR count). The third-order valence-corrected chi connectivity index (χ3v) is 10.6. The van der Waals surface area contributed by atoms with Crippen molar-refractivity contribution in [3.63, 3.8) is 0 Å². The standard InChI is InChI=1S/C38H32N4S/c1-2-3-12-26-23-27(19-22-31(26)39)33-29(20-21-30-34-28-17-10-11-18-32(28)43-38(30,33)34)37-41-35(24-13-6-4-7-14-24)40-36(42-37)25-15-8-5-9-16-25/h3-9,12-23,30,34H,2,10-11,39H2,1H3/b12-3-. The molecule has 4 nitrogen and oxygen atoms in total. The number of anilines is 1. The summed E-state index contributed by atoms with van der Waals surface area (Å²) in [4.78, 5) is 16.7. The number of aromatic nitrogens is 3. The van der Waals surface area contributed by atoms with Crippen LogP contribution in [0.1, 0.15) is 43.1 Å². The number of nitrogens with two attached hydrogens (primary N) is 1. The number of hydrogen-bond acceptors (Lipinski definition) is 5. The zero-order valence-electron chi connectivity index (χ0n) is 24.1. The third-order valence-electron chi connectivity index (χ3n) is 8.95. The first-order chi connectivity index (χ1) is 21.2. The van der Waals surface area contributed by atoms with Crippen LogP contribution in [0.4, 0.5) is 5.69 Å². The van der Waals surface area contributed by atoms with Gasteiger partial charge in [-0.25, -0.2) is 15.0 Å². The Balaban J connectivity index is 1.39. The normalized spacial score (nSPS) is 23.5. The largest absolute Gasteiger partial charge is 0.398 e. The summed E-state index contributed by atoms with van der Waals surface area (Å²) < 4.78 is -0.0691. The minimum absolute atomic E-state index is 0.0691. The van der Waals surface area contributed by atoms with Crippen molar-refractivity contribution in [2.45, 2.75) is 30.9 Å². The number of rotatable bonds is 6. The molecule has 0 amide bonds. The van der Waals surface area contributed by atoms with Crippen molar-refractivity contribution < 1.29 is 0 Å². The fourth-order valence-corrected chi connectivity index (χ4v) is 8.82. The van der Waals surface area contributed by atoms with E-state index in [-0.39, 0.29) is 4.75 Å². The van der Waals surface area contributed by atoms with E-state index in [4.69, 9.17) is 20.7 Å². The third kappa shape index (κ3) is 4.25. The summed E-state index contributed by atoms with van der Waals surface area (Å²) in [5.41, 5.74) is 15.4. The van der Waals surface area contributed by atoms with Crippen molar-refractivity contribution in [2.75, 3.05) is 5.73 Å². The fourth-order valence-electron chi connectivity index (χ4n) is 6.92. The van der Waals surface area contributed by atoms with Crippen molar-refractivity contribution in [1.82, 2.24) is 15.0 Å². The SMILES string of the molecule is CC/C=C\c1cc(C2=C(c3nc(-c4ccccc4)nc(-c4ccccc4)n3)C=CC3C4C5=CCCC=C5SC234)ccc1N. The molecule has 2 N–H and O–H groups in total. The molecule has 1 saturated heterocycles. The number of nitrogens with zero attached hydrogens (tertiary/aromatic N) is 3. The van der Waals surface area contributed by atoms with Gasteiger partial charge in [0.25, 0.3) is 0 Å². The average Bonchev–Trinajstić information content (AvgIpc) is 3.59. The molecule has 1 spiro atoms. The Morgan fingerprint density at radius 1 is 0.837 bits per heavy atom. The molecule has 43 heavy (non-hydrogen) atoms. The summed E-state index contributed by atoms with van der Waals surface area (Å²) >= 11 is 2.05. The fraction of sp³-hybridized carbons (Fsp3) is 0.184. The molecule has 4 aromatic rings. The molecule has 1 aromatic heterocycles. The molecule has 5 heteroatoms. The van der Waals surface area contributed by atoms with Gasteiger partial charge in [-0.2, -0.15) is 0 Å². The van der Waals surface area contributed by atoms with Crippen LogP contribution in [0.15, 0.2) is 120 Å². The highest BCUT2D eigenvalue weighted by Gasteiger charge is 2.73. The molecule has 3 aliphatic carbocycles. The lowest BCUT2D eigenvalue weighted by molar-refractivity contribution is 0.904. The van der Waals surface area contributed by atoms with Gasteiger partial charge in [0.15, 0.2) is 17.5 Å². The Morgan fingerprint density at radius 3 is 2.21 bits per heavy atom. The van der Waals surface area contributed by atoms with E-state index < -0.39 is 0 Å². The van der Waals surface area contributed by atoms with Crippen LogP contribution in [-0.4, -0.2) is 19.7 Å². The summed E-state index contributed by atoms with van der Waals surface area (Å²) in [7, 11) is 0. The minimum Gasteiger partial charge on any atom is -0.398 e. The lowest BCUT2D eigenvalue weighted by Crippen LogP contribution is -2.16. The zero-order valence-corrected chi connectivity index (χ0v) is 24.9. The summed E-state index contributed by atoms with van der Waals surface area (Å²) in [5, 5.41) is 0. The second-order valence-electron chi connectivity index (χ2n) is 11.5. The smallest absolute Gasteiger partial charge is 0.164 e. The van der Waals surface area contributed by atoms with Crippen LogP contribution in [0.25, 0.3) is 40.0 Å². The maximum atomic E-state index is 6.48. The van der Waals surface area contributed by atoms with E-state index in [1.165, 1.54) is 21.6 Å². The summed E-state index contributed by atoms with van der Waals surface area (Å²) in [5.74, 6) is 2.98. The van der Waals surface area contributed by atoms with Gasteiger partial charge in [-0.05, 0) is 53.7 Å². The molecule has 0 radical (unpaired) electrons. The summed E-state index contributed by atoms with van der Waals surface area (Å²) in [6, 6.07) is 26.9. The van der Waals surface area contributed by atoms with Gasteiger partial charge >= 0.3 is 0 Å². The van der Waals surface area contributed by atoms with E-state index in [1.54, 1.807) is 0 Å². The van der Waals surface area contributed by atoms with Gasteiger partial charge in [-0.3, -0.25) is 0 Å². The Hall–Kier alpha value is -4.48. The first-order valence-electron chi connectivity index (χ1n) is 15.1.